The SMILES string of the molecule is Nc1ccc(OCCC(=O)Nc2ccc(Cl)c(Cl)c2)cc1. The van der Waals surface area contributed by atoms with Gasteiger partial charge in [0.25, 0.3) is 0 Å². The molecule has 2 aromatic rings. The molecular weight excluding hydrogens is 311 g/mol. The number of nitrogens with one attached hydrogen (secondary N) is 1. The molecule has 6 heteroatoms. The minimum absolute atomic E-state index is 0.163. The molecule has 21 heavy (non-hydrogen) atoms. The molecular formula is C15H14Cl2N2O2. The van der Waals surface area contributed by atoms with E-state index in [2.05, 4.69) is 5.32 Å². The van der Waals surface area contributed by atoms with E-state index in [0.717, 1.165) is 0 Å². The lowest BCUT2D eigenvalue weighted by atomic mass is 10.3. The fourth-order valence-electron chi connectivity index (χ4n) is 1.62. The minimum Gasteiger partial charge on any atom is -0.493 e. The average Bonchev–Trinajstić information content (AvgIpc) is 2.45. The van der Waals surface area contributed by atoms with Crippen molar-refractivity contribution in [3.05, 3.63) is 52.5 Å². The summed E-state index contributed by atoms with van der Waals surface area (Å²) in [6.45, 7) is 0.275. The zero-order valence-corrected chi connectivity index (χ0v) is 12.6. The third kappa shape index (κ3) is 4.85. The van der Waals surface area contributed by atoms with E-state index in [9.17, 15) is 4.79 Å². The number of carbonyl (C=O) groups is 1. The molecule has 0 fully saturated rings. The Hall–Kier alpha value is -1.91. The second-order valence-electron chi connectivity index (χ2n) is 4.34. The van der Waals surface area contributed by atoms with Gasteiger partial charge in [0.1, 0.15) is 5.75 Å². The highest BCUT2D eigenvalue weighted by Crippen LogP contribution is 2.25. The molecule has 0 heterocycles. The van der Waals surface area contributed by atoms with E-state index in [1.54, 1.807) is 42.5 Å². The molecule has 110 valence electrons. The monoisotopic (exact) mass is 324 g/mol. The maximum atomic E-state index is 11.8. The Labute approximate surface area is 132 Å². The van der Waals surface area contributed by atoms with Crippen LogP contribution in [0.25, 0.3) is 0 Å². The summed E-state index contributed by atoms with van der Waals surface area (Å²) in [5, 5.41) is 3.56. The zero-order chi connectivity index (χ0) is 15.2. The first-order valence-corrected chi connectivity index (χ1v) is 7.03. The van der Waals surface area contributed by atoms with Crippen molar-refractivity contribution in [3.8, 4) is 5.75 Å². The third-order valence-electron chi connectivity index (χ3n) is 2.68. The van der Waals surface area contributed by atoms with Crippen molar-refractivity contribution < 1.29 is 9.53 Å². The van der Waals surface area contributed by atoms with Gasteiger partial charge in [-0.3, -0.25) is 4.79 Å². The number of rotatable bonds is 5. The molecule has 2 rings (SSSR count). The maximum absolute atomic E-state index is 11.8. The van der Waals surface area contributed by atoms with Gasteiger partial charge in [0, 0.05) is 11.4 Å². The van der Waals surface area contributed by atoms with Crippen LogP contribution in [0.3, 0.4) is 0 Å². The number of benzene rings is 2. The van der Waals surface area contributed by atoms with Crippen LogP contribution in [0, 0.1) is 0 Å². The van der Waals surface area contributed by atoms with Crippen molar-refractivity contribution in [1.29, 1.82) is 0 Å². The van der Waals surface area contributed by atoms with Crippen molar-refractivity contribution in [2.75, 3.05) is 17.7 Å². The van der Waals surface area contributed by atoms with Gasteiger partial charge >= 0.3 is 0 Å². The molecule has 0 aliphatic carbocycles. The van der Waals surface area contributed by atoms with Crippen LogP contribution in [0.4, 0.5) is 11.4 Å². The van der Waals surface area contributed by atoms with Crippen LogP contribution in [-0.4, -0.2) is 12.5 Å². The first-order valence-electron chi connectivity index (χ1n) is 6.28. The van der Waals surface area contributed by atoms with E-state index in [1.807, 2.05) is 0 Å². The third-order valence-corrected chi connectivity index (χ3v) is 3.42. The number of nitrogens with two attached hydrogens (primary N) is 1. The molecule has 2 aromatic carbocycles. The Morgan fingerprint density at radius 3 is 2.48 bits per heavy atom. The lowest BCUT2D eigenvalue weighted by Gasteiger charge is -2.08. The number of hydrogen-bond acceptors (Lipinski definition) is 3. The van der Waals surface area contributed by atoms with Gasteiger partial charge in [-0.25, -0.2) is 0 Å². The summed E-state index contributed by atoms with van der Waals surface area (Å²) >= 11 is 11.7. The molecule has 1 amide bonds. The fourth-order valence-corrected chi connectivity index (χ4v) is 1.92. The number of anilines is 2. The number of hydrogen-bond donors (Lipinski definition) is 2. The Bertz CT molecular complexity index is 630. The summed E-state index contributed by atoms with van der Waals surface area (Å²) in [5.74, 6) is 0.510. The number of halogens is 2. The second-order valence-corrected chi connectivity index (χ2v) is 5.16. The van der Waals surface area contributed by atoms with Gasteiger partial charge in [0.05, 0.1) is 23.1 Å². The number of carbonyl (C=O) groups excluding carboxylic acids is 1. The predicted molar refractivity (Wildman–Crippen MR) is 86.1 cm³/mol. The van der Waals surface area contributed by atoms with Crippen molar-refractivity contribution in [2.45, 2.75) is 6.42 Å². The highest BCUT2D eigenvalue weighted by atomic mass is 35.5. The van der Waals surface area contributed by atoms with Crippen molar-refractivity contribution in [1.82, 2.24) is 0 Å². The molecule has 0 saturated carbocycles. The predicted octanol–water partition coefficient (Wildman–Crippen LogP) is 3.98. The summed E-state index contributed by atoms with van der Waals surface area (Å²) in [6, 6.07) is 11.9. The van der Waals surface area contributed by atoms with Crippen LogP contribution >= 0.6 is 23.2 Å². The van der Waals surface area contributed by atoms with Gasteiger partial charge in [-0.05, 0) is 42.5 Å². The number of amides is 1. The highest BCUT2D eigenvalue weighted by molar-refractivity contribution is 6.42. The van der Waals surface area contributed by atoms with E-state index in [0.29, 0.717) is 27.2 Å². The summed E-state index contributed by atoms with van der Waals surface area (Å²) in [5.41, 5.74) is 6.84. The van der Waals surface area contributed by atoms with Crippen LogP contribution in [0.5, 0.6) is 5.75 Å². The Balaban J connectivity index is 1.79. The van der Waals surface area contributed by atoms with E-state index < -0.39 is 0 Å². The molecule has 0 atom stereocenters. The minimum atomic E-state index is -0.163. The van der Waals surface area contributed by atoms with E-state index in [1.165, 1.54) is 0 Å². The van der Waals surface area contributed by atoms with E-state index in [-0.39, 0.29) is 18.9 Å². The van der Waals surface area contributed by atoms with Gasteiger partial charge in [-0.2, -0.15) is 0 Å². The summed E-state index contributed by atoms with van der Waals surface area (Å²) < 4.78 is 5.45. The molecule has 0 bridgehead atoms. The molecule has 0 unspecified atom stereocenters. The van der Waals surface area contributed by atoms with Gasteiger partial charge < -0.3 is 15.8 Å². The number of nitrogen functional groups attached to an aromatic ring is 1. The molecule has 0 saturated heterocycles. The van der Waals surface area contributed by atoms with Crippen LogP contribution < -0.4 is 15.8 Å². The van der Waals surface area contributed by atoms with Crippen LogP contribution in [0.1, 0.15) is 6.42 Å². The molecule has 0 radical (unpaired) electrons. The van der Waals surface area contributed by atoms with Gasteiger partial charge in [-0.1, -0.05) is 23.2 Å². The first kappa shape index (κ1) is 15.5. The topological polar surface area (TPSA) is 64.3 Å². The van der Waals surface area contributed by atoms with Gasteiger partial charge in [0.2, 0.25) is 5.91 Å². The smallest absolute Gasteiger partial charge is 0.227 e. The van der Waals surface area contributed by atoms with Gasteiger partial charge in [0.15, 0.2) is 0 Å². The lowest BCUT2D eigenvalue weighted by Crippen LogP contribution is -2.15. The molecule has 0 spiro atoms. The Morgan fingerprint density at radius 1 is 1.10 bits per heavy atom. The van der Waals surface area contributed by atoms with Crippen molar-refractivity contribution in [2.24, 2.45) is 0 Å². The molecule has 0 aliphatic heterocycles. The second kappa shape index (κ2) is 7.20. The molecule has 0 aromatic heterocycles. The largest absolute Gasteiger partial charge is 0.493 e. The van der Waals surface area contributed by atoms with Crippen LogP contribution in [0.2, 0.25) is 10.0 Å². The Kier molecular flexibility index (Phi) is 5.31. The van der Waals surface area contributed by atoms with Crippen LogP contribution in [-0.2, 0) is 4.79 Å². The van der Waals surface area contributed by atoms with Crippen molar-refractivity contribution in [3.63, 3.8) is 0 Å². The molecule has 3 N–H and O–H groups in total. The first-order chi connectivity index (χ1) is 10.0. The standard InChI is InChI=1S/C15H14Cl2N2O2/c16-13-6-3-11(9-14(13)17)19-15(20)7-8-21-12-4-1-10(18)2-5-12/h1-6,9H,7-8,18H2,(H,19,20). The quantitative estimate of drug-likeness (QED) is 0.817. The molecule has 4 nitrogen and oxygen atoms in total. The van der Waals surface area contributed by atoms with E-state index in [4.69, 9.17) is 33.7 Å². The van der Waals surface area contributed by atoms with Crippen LogP contribution in [0.15, 0.2) is 42.5 Å². The Morgan fingerprint density at radius 2 is 1.81 bits per heavy atom. The lowest BCUT2D eigenvalue weighted by molar-refractivity contribution is -0.116. The normalized spacial score (nSPS) is 10.2. The van der Waals surface area contributed by atoms with Gasteiger partial charge in [-0.15, -0.1) is 0 Å². The van der Waals surface area contributed by atoms with Crippen molar-refractivity contribution >= 4 is 40.5 Å². The summed E-state index contributed by atoms with van der Waals surface area (Å²) in [7, 11) is 0. The highest BCUT2D eigenvalue weighted by Gasteiger charge is 2.05. The maximum Gasteiger partial charge on any atom is 0.227 e. The molecule has 0 aliphatic rings. The average molecular weight is 325 g/mol. The number of ether oxygens (including phenoxy) is 1. The zero-order valence-electron chi connectivity index (χ0n) is 11.1. The summed E-state index contributed by atoms with van der Waals surface area (Å²) in [4.78, 5) is 11.8. The van der Waals surface area contributed by atoms with E-state index >= 15 is 0 Å². The summed E-state index contributed by atoms with van der Waals surface area (Å²) in [6.07, 6.45) is 0.227. The fraction of sp³-hybridized carbons (Fsp3) is 0.133.